The van der Waals surface area contributed by atoms with E-state index in [9.17, 15) is 18.0 Å². The normalized spacial score (nSPS) is 13.5. The number of carbonyl (C=O) groups excluding carboxylic acids is 1. The fourth-order valence-electron chi connectivity index (χ4n) is 2.74. The van der Waals surface area contributed by atoms with Crippen LogP contribution in [0.1, 0.15) is 29.4 Å². The molecule has 0 fully saturated rings. The summed E-state index contributed by atoms with van der Waals surface area (Å²) in [5.41, 5.74) is 8.61. The SMILES string of the molecule is C=C(N)COCC(F)(F)[C@@](N)(CC)c1cc(NC(=O)c2ccc(Cl)cn2)ccc1F. The predicted molar refractivity (Wildman–Crippen MR) is 109 cm³/mol. The molecule has 0 saturated heterocycles. The fraction of sp³-hybridized carbons (Fsp3) is 0.300. The van der Waals surface area contributed by atoms with Crippen molar-refractivity contribution in [3.05, 3.63) is 70.9 Å². The van der Waals surface area contributed by atoms with E-state index in [0.717, 1.165) is 12.1 Å². The van der Waals surface area contributed by atoms with Crippen LogP contribution in [0.2, 0.25) is 5.02 Å². The van der Waals surface area contributed by atoms with E-state index in [1.54, 1.807) is 0 Å². The zero-order valence-electron chi connectivity index (χ0n) is 16.2. The number of aromatic nitrogens is 1. The molecular formula is C20H22ClF3N4O2. The molecule has 0 saturated carbocycles. The molecule has 162 valence electrons. The molecule has 1 heterocycles. The molecule has 30 heavy (non-hydrogen) atoms. The van der Waals surface area contributed by atoms with Crippen LogP contribution in [0.15, 0.2) is 48.8 Å². The Kier molecular flexibility index (Phi) is 7.46. The monoisotopic (exact) mass is 442 g/mol. The number of hydrogen-bond acceptors (Lipinski definition) is 5. The van der Waals surface area contributed by atoms with E-state index in [1.165, 1.54) is 31.3 Å². The van der Waals surface area contributed by atoms with E-state index in [0.29, 0.717) is 5.02 Å². The maximum Gasteiger partial charge on any atom is 0.292 e. The van der Waals surface area contributed by atoms with Crippen LogP contribution in [0.4, 0.5) is 18.9 Å². The van der Waals surface area contributed by atoms with Gasteiger partial charge in [-0.05, 0) is 36.8 Å². The van der Waals surface area contributed by atoms with Crippen molar-refractivity contribution in [2.75, 3.05) is 18.5 Å². The summed E-state index contributed by atoms with van der Waals surface area (Å²) in [6, 6.07) is 6.12. The summed E-state index contributed by atoms with van der Waals surface area (Å²) in [7, 11) is 0. The van der Waals surface area contributed by atoms with Crippen LogP contribution < -0.4 is 16.8 Å². The number of nitrogens with two attached hydrogens (primary N) is 2. The number of pyridine rings is 1. The molecule has 1 atom stereocenters. The Balaban J connectivity index is 2.31. The summed E-state index contributed by atoms with van der Waals surface area (Å²) in [4.78, 5) is 16.2. The molecule has 2 aromatic rings. The first-order valence-electron chi connectivity index (χ1n) is 8.91. The van der Waals surface area contributed by atoms with Crippen molar-refractivity contribution in [1.29, 1.82) is 0 Å². The van der Waals surface area contributed by atoms with Gasteiger partial charge < -0.3 is 21.5 Å². The molecule has 0 bridgehead atoms. The Morgan fingerprint density at radius 3 is 2.60 bits per heavy atom. The van der Waals surface area contributed by atoms with Crippen molar-refractivity contribution in [1.82, 2.24) is 4.98 Å². The van der Waals surface area contributed by atoms with Crippen molar-refractivity contribution >= 4 is 23.2 Å². The molecule has 1 aromatic heterocycles. The Bertz CT molecular complexity index is 925. The van der Waals surface area contributed by atoms with Gasteiger partial charge in [0.15, 0.2) is 0 Å². The zero-order valence-corrected chi connectivity index (χ0v) is 17.0. The van der Waals surface area contributed by atoms with Gasteiger partial charge in [-0.1, -0.05) is 25.1 Å². The summed E-state index contributed by atoms with van der Waals surface area (Å²) in [6.45, 7) is 3.39. The number of ether oxygens (including phenoxy) is 1. The summed E-state index contributed by atoms with van der Waals surface area (Å²) < 4.78 is 49.2. The lowest BCUT2D eigenvalue weighted by molar-refractivity contribution is -0.131. The first-order chi connectivity index (χ1) is 14.0. The lowest BCUT2D eigenvalue weighted by Crippen LogP contribution is -2.55. The van der Waals surface area contributed by atoms with Crippen molar-refractivity contribution < 1.29 is 22.7 Å². The van der Waals surface area contributed by atoms with Gasteiger partial charge in [-0.15, -0.1) is 0 Å². The molecule has 2 rings (SSSR count). The molecule has 1 amide bonds. The van der Waals surface area contributed by atoms with Gasteiger partial charge in [-0.2, -0.15) is 0 Å². The van der Waals surface area contributed by atoms with E-state index in [2.05, 4.69) is 16.9 Å². The highest BCUT2D eigenvalue weighted by Gasteiger charge is 2.52. The van der Waals surface area contributed by atoms with Crippen molar-refractivity contribution in [3.8, 4) is 0 Å². The van der Waals surface area contributed by atoms with E-state index in [4.69, 9.17) is 27.8 Å². The van der Waals surface area contributed by atoms with Gasteiger partial charge in [0.25, 0.3) is 11.8 Å². The number of nitrogens with zero attached hydrogens (tertiary/aromatic N) is 1. The standard InChI is InChI=1S/C20H22ClF3N4O2/c1-3-19(26,20(23,24)11-30-10-12(2)25)15-8-14(5-6-16(15)22)28-18(29)17-7-4-13(21)9-27-17/h4-9H,2-3,10-11,25-26H2,1H3,(H,28,29)/t19-/m1/s1. The lowest BCUT2D eigenvalue weighted by Gasteiger charge is -2.37. The first-order valence-corrected chi connectivity index (χ1v) is 9.28. The highest BCUT2D eigenvalue weighted by molar-refractivity contribution is 6.30. The third-order valence-electron chi connectivity index (χ3n) is 4.45. The van der Waals surface area contributed by atoms with Gasteiger partial charge in [-0.25, -0.2) is 18.2 Å². The molecule has 0 aliphatic carbocycles. The predicted octanol–water partition coefficient (Wildman–Crippen LogP) is 3.81. The van der Waals surface area contributed by atoms with Crippen molar-refractivity contribution in [3.63, 3.8) is 0 Å². The van der Waals surface area contributed by atoms with Gasteiger partial charge >= 0.3 is 0 Å². The third kappa shape index (κ3) is 5.29. The maximum absolute atomic E-state index is 14.9. The van der Waals surface area contributed by atoms with Crippen LogP contribution in [0.5, 0.6) is 0 Å². The topological polar surface area (TPSA) is 103 Å². The highest BCUT2D eigenvalue weighted by Crippen LogP contribution is 2.40. The van der Waals surface area contributed by atoms with Gasteiger partial charge in [0.1, 0.15) is 23.7 Å². The van der Waals surface area contributed by atoms with Gasteiger partial charge in [0.05, 0.1) is 11.6 Å². The molecule has 0 spiro atoms. The number of nitrogens with one attached hydrogen (secondary N) is 1. The quantitative estimate of drug-likeness (QED) is 0.548. The largest absolute Gasteiger partial charge is 0.401 e. The minimum absolute atomic E-state index is 0.0421. The van der Waals surface area contributed by atoms with Crippen LogP contribution in [0.25, 0.3) is 0 Å². The van der Waals surface area contributed by atoms with Gasteiger partial charge in [0, 0.05) is 23.1 Å². The van der Waals surface area contributed by atoms with Crippen LogP contribution in [0.3, 0.4) is 0 Å². The van der Waals surface area contributed by atoms with Crippen LogP contribution in [-0.2, 0) is 10.3 Å². The summed E-state index contributed by atoms with van der Waals surface area (Å²) in [5, 5.41) is 2.82. The van der Waals surface area contributed by atoms with E-state index in [-0.39, 0.29) is 30.1 Å². The number of hydrogen-bond donors (Lipinski definition) is 3. The number of amides is 1. The molecule has 1 aromatic carbocycles. The zero-order chi connectivity index (χ0) is 22.5. The number of rotatable bonds is 9. The third-order valence-corrected chi connectivity index (χ3v) is 4.67. The van der Waals surface area contributed by atoms with Crippen molar-refractivity contribution in [2.45, 2.75) is 24.8 Å². The maximum atomic E-state index is 14.9. The Hall–Kier alpha value is -2.62. The molecular weight excluding hydrogens is 421 g/mol. The number of alkyl halides is 2. The van der Waals surface area contributed by atoms with Crippen LogP contribution in [-0.4, -0.2) is 30.0 Å². The lowest BCUT2D eigenvalue weighted by atomic mass is 9.81. The second kappa shape index (κ2) is 9.46. The molecule has 0 radical (unpaired) electrons. The van der Waals surface area contributed by atoms with E-state index >= 15 is 0 Å². The van der Waals surface area contributed by atoms with E-state index < -0.39 is 35.4 Å². The van der Waals surface area contributed by atoms with E-state index in [1.807, 2.05) is 0 Å². The molecule has 0 unspecified atom stereocenters. The number of anilines is 1. The first kappa shape index (κ1) is 23.7. The summed E-state index contributed by atoms with van der Waals surface area (Å²) in [6.07, 6.45) is 0.977. The highest BCUT2D eigenvalue weighted by atomic mass is 35.5. The average Bonchev–Trinajstić information content (AvgIpc) is 2.68. The van der Waals surface area contributed by atoms with Gasteiger partial charge in [0.2, 0.25) is 0 Å². The summed E-state index contributed by atoms with van der Waals surface area (Å²) >= 11 is 5.73. The molecule has 0 aliphatic heterocycles. The number of halogens is 4. The molecule has 0 aliphatic rings. The smallest absolute Gasteiger partial charge is 0.292 e. The molecule has 6 nitrogen and oxygen atoms in total. The number of carbonyl (C=O) groups is 1. The van der Waals surface area contributed by atoms with Crippen molar-refractivity contribution in [2.24, 2.45) is 11.5 Å². The molecule has 5 N–H and O–H groups in total. The second-order valence-electron chi connectivity index (χ2n) is 6.69. The fourth-order valence-corrected chi connectivity index (χ4v) is 2.85. The Morgan fingerprint density at radius 1 is 1.33 bits per heavy atom. The second-order valence-corrected chi connectivity index (χ2v) is 7.13. The average molecular weight is 443 g/mol. The number of benzene rings is 1. The van der Waals surface area contributed by atoms with Crippen LogP contribution in [0, 0.1) is 5.82 Å². The van der Waals surface area contributed by atoms with Gasteiger partial charge in [-0.3, -0.25) is 4.79 Å². The minimum Gasteiger partial charge on any atom is -0.401 e. The Labute approximate surface area is 177 Å². The van der Waals surface area contributed by atoms with Crippen LogP contribution >= 0.6 is 11.6 Å². The molecule has 10 heteroatoms. The summed E-state index contributed by atoms with van der Waals surface area (Å²) in [5.74, 6) is -5.21. The Morgan fingerprint density at radius 2 is 2.03 bits per heavy atom. The minimum atomic E-state index is -3.64.